The molecule has 2 amide bonds. The summed E-state index contributed by atoms with van der Waals surface area (Å²) in [5.74, 6) is -1.37. The molecule has 0 aromatic heterocycles. The molecule has 0 radical (unpaired) electrons. The van der Waals surface area contributed by atoms with E-state index in [0.717, 1.165) is 5.56 Å². The lowest BCUT2D eigenvalue weighted by atomic mass is 10.1. The van der Waals surface area contributed by atoms with E-state index >= 15 is 0 Å². The number of ether oxygens (including phenoxy) is 1. The fourth-order valence-corrected chi connectivity index (χ4v) is 4.14. The number of methoxy groups -OCH3 is 1. The maximum Gasteiger partial charge on any atom is 0.325 e. The molecular formula is C25H25N3O6S. The highest BCUT2D eigenvalue weighted by atomic mass is 32.2. The van der Waals surface area contributed by atoms with Gasteiger partial charge in [0.05, 0.1) is 18.4 Å². The van der Waals surface area contributed by atoms with Gasteiger partial charge in [-0.3, -0.25) is 19.1 Å². The molecule has 0 aliphatic carbocycles. The maximum absolute atomic E-state index is 12.7. The van der Waals surface area contributed by atoms with E-state index in [1.807, 2.05) is 6.92 Å². The van der Waals surface area contributed by atoms with E-state index in [-0.39, 0.29) is 29.3 Å². The van der Waals surface area contributed by atoms with Gasteiger partial charge in [-0.25, -0.2) is 8.42 Å². The Labute approximate surface area is 203 Å². The summed E-state index contributed by atoms with van der Waals surface area (Å²) < 4.78 is 32.5. The summed E-state index contributed by atoms with van der Waals surface area (Å²) in [5, 5.41) is 5.15. The summed E-state index contributed by atoms with van der Waals surface area (Å²) in [6.45, 7) is 1.69. The van der Waals surface area contributed by atoms with Crippen LogP contribution in [0, 0.1) is 6.92 Å². The number of benzene rings is 3. The minimum absolute atomic E-state index is 0.0426. The summed E-state index contributed by atoms with van der Waals surface area (Å²) in [5.41, 5.74) is 2.74. The van der Waals surface area contributed by atoms with Gasteiger partial charge in [-0.05, 0) is 55.0 Å². The number of carbonyl (C=O) groups is 3. The second-order valence-electron chi connectivity index (χ2n) is 7.68. The Morgan fingerprint density at radius 1 is 0.886 bits per heavy atom. The minimum atomic E-state index is -3.88. The summed E-state index contributed by atoms with van der Waals surface area (Å²) in [6.07, 6.45) is 0.0547. The van der Waals surface area contributed by atoms with E-state index in [9.17, 15) is 22.8 Å². The van der Waals surface area contributed by atoms with Crippen LogP contribution >= 0.6 is 0 Å². The fourth-order valence-electron chi connectivity index (χ4n) is 3.04. The monoisotopic (exact) mass is 495 g/mol. The molecule has 0 aliphatic heterocycles. The molecule has 3 N–H and O–H groups in total. The zero-order valence-corrected chi connectivity index (χ0v) is 20.0. The van der Waals surface area contributed by atoms with Crippen LogP contribution in [0.1, 0.15) is 21.5 Å². The Hall–Kier alpha value is -4.18. The summed E-state index contributed by atoms with van der Waals surface area (Å²) in [7, 11) is -2.65. The number of hydrogen-bond donors (Lipinski definition) is 3. The molecule has 9 nitrogen and oxygen atoms in total. The highest BCUT2D eigenvalue weighted by molar-refractivity contribution is 7.92. The molecule has 0 spiro atoms. The molecule has 3 rings (SSSR count). The number of aryl methyl sites for hydroxylation is 1. The maximum atomic E-state index is 12.7. The van der Waals surface area contributed by atoms with E-state index in [4.69, 9.17) is 0 Å². The molecule has 10 heteroatoms. The van der Waals surface area contributed by atoms with Crippen molar-refractivity contribution in [2.24, 2.45) is 0 Å². The molecule has 0 saturated heterocycles. The molecule has 3 aromatic rings. The first kappa shape index (κ1) is 25.4. The van der Waals surface area contributed by atoms with Crippen molar-refractivity contribution in [1.82, 2.24) is 5.32 Å². The van der Waals surface area contributed by atoms with Crippen LogP contribution in [-0.4, -0.2) is 39.9 Å². The predicted octanol–water partition coefficient (Wildman–Crippen LogP) is 2.88. The van der Waals surface area contributed by atoms with Gasteiger partial charge in [-0.2, -0.15) is 0 Å². The normalized spacial score (nSPS) is 10.8. The van der Waals surface area contributed by atoms with Crippen LogP contribution in [0.15, 0.2) is 77.7 Å². The largest absolute Gasteiger partial charge is 0.468 e. The third kappa shape index (κ3) is 7.41. The van der Waals surface area contributed by atoms with Crippen LogP contribution in [-0.2, 0) is 30.8 Å². The highest BCUT2D eigenvalue weighted by Gasteiger charge is 2.17. The molecule has 0 atom stereocenters. The number of sulfonamides is 1. The van der Waals surface area contributed by atoms with Crippen LogP contribution in [0.2, 0.25) is 0 Å². The lowest BCUT2D eigenvalue weighted by molar-refractivity contribution is -0.141. The Kier molecular flexibility index (Phi) is 8.21. The average molecular weight is 496 g/mol. The lowest BCUT2D eigenvalue weighted by Crippen LogP contribution is -2.31. The van der Waals surface area contributed by atoms with Crippen LogP contribution in [0.25, 0.3) is 0 Å². The third-order valence-electron chi connectivity index (χ3n) is 4.94. The molecule has 0 fully saturated rings. The van der Waals surface area contributed by atoms with Crippen molar-refractivity contribution < 1.29 is 27.5 Å². The second-order valence-corrected chi connectivity index (χ2v) is 9.36. The topological polar surface area (TPSA) is 131 Å². The van der Waals surface area contributed by atoms with Crippen molar-refractivity contribution in [2.75, 3.05) is 23.7 Å². The average Bonchev–Trinajstić information content (AvgIpc) is 2.85. The predicted molar refractivity (Wildman–Crippen MR) is 132 cm³/mol. The molecule has 0 aliphatic rings. The fraction of sp³-hybridized carbons (Fsp3) is 0.160. The van der Waals surface area contributed by atoms with Gasteiger partial charge in [0.2, 0.25) is 5.91 Å². The van der Waals surface area contributed by atoms with Gasteiger partial charge >= 0.3 is 5.97 Å². The number of rotatable bonds is 9. The van der Waals surface area contributed by atoms with Gasteiger partial charge in [0, 0.05) is 16.9 Å². The van der Waals surface area contributed by atoms with E-state index in [1.165, 1.54) is 31.4 Å². The van der Waals surface area contributed by atoms with Crippen molar-refractivity contribution in [3.63, 3.8) is 0 Å². The zero-order valence-electron chi connectivity index (χ0n) is 19.2. The van der Waals surface area contributed by atoms with Crippen LogP contribution in [0.4, 0.5) is 11.4 Å². The van der Waals surface area contributed by atoms with Gasteiger partial charge in [0.15, 0.2) is 0 Å². The van der Waals surface area contributed by atoms with Gasteiger partial charge < -0.3 is 15.4 Å². The molecule has 0 heterocycles. The van der Waals surface area contributed by atoms with E-state index < -0.39 is 21.9 Å². The summed E-state index contributed by atoms with van der Waals surface area (Å²) in [6, 6.07) is 19.2. The van der Waals surface area contributed by atoms with Crippen LogP contribution in [0.3, 0.4) is 0 Å². The Morgan fingerprint density at radius 3 is 2.20 bits per heavy atom. The van der Waals surface area contributed by atoms with Crippen molar-refractivity contribution in [2.45, 2.75) is 18.2 Å². The Morgan fingerprint density at radius 2 is 1.54 bits per heavy atom. The first-order chi connectivity index (χ1) is 16.7. The molecule has 3 aromatic carbocycles. The lowest BCUT2D eigenvalue weighted by Gasteiger charge is -2.10. The minimum Gasteiger partial charge on any atom is -0.468 e. The SMILES string of the molecule is COC(=O)CNC(=O)Cc1ccc(NC(=O)c2cccc(S(=O)(=O)Nc3ccc(C)cc3)c2)cc1. The molecule has 0 saturated carbocycles. The summed E-state index contributed by atoms with van der Waals surface area (Å²) >= 11 is 0. The van der Waals surface area contributed by atoms with Gasteiger partial charge in [-0.15, -0.1) is 0 Å². The van der Waals surface area contributed by atoms with Gasteiger partial charge in [0.25, 0.3) is 15.9 Å². The number of amides is 2. The quantitative estimate of drug-likeness (QED) is 0.391. The van der Waals surface area contributed by atoms with Gasteiger partial charge in [0.1, 0.15) is 6.54 Å². The zero-order chi connectivity index (χ0) is 25.4. The van der Waals surface area contributed by atoms with Crippen LogP contribution in [0.5, 0.6) is 0 Å². The van der Waals surface area contributed by atoms with Crippen molar-refractivity contribution in [3.05, 3.63) is 89.5 Å². The third-order valence-corrected chi connectivity index (χ3v) is 6.32. The smallest absolute Gasteiger partial charge is 0.325 e. The standard InChI is InChI=1S/C25H25N3O6S/c1-17-6-10-21(11-7-17)28-35(32,33)22-5-3-4-19(15-22)25(31)27-20-12-8-18(9-13-20)14-23(29)26-16-24(30)34-2/h3-13,15,28H,14,16H2,1-2H3,(H,26,29)(H,27,31). The Bertz CT molecular complexity index is 1320. The Balaban J connectivity index is 1.63. The first-order valence-corrected chi connectivity index (χ1v) is 12.1. The molecule has 0 unspecified atom stereocenters. The van der Waals surface area contributed by atoms with E-state index in [2.05, 4.69) is 20.1 Å². The summed E-state index contributed by atoms with van der Waals surface area (Å²) in [4.78, 5) is 35.6. The molecule has 35 heavy (non-hydrogen) atoms. The molecular weight excluding hydrogens is 470 g/mol. The number of nitrogens with one attached hydrogen (secondary N) is 3. The number of esters is 1. The van der Waals surface area contributed by atoms with Gasteiger partial charge in [-0.1, -0.05) is 35.9 Å². The molecule has 182 valence electrons. The van der Waals surface area contributed by atoms with Crippen molar-refractivity contribution in [3.8, 4) is 0 Å². The highest BCUT2D eigenvalue weighted by Crippen LogP contribution is 2.19. The van der Waals surface area contributed by atoms with Crippen molar-refractivity contribution >= 4 is 39.2 Å². The van der Waals surface area contributed by atoms with E-state index in [1.54, 1.807) is 48.5 Å². The number of anilines is 2. The van der Waals surface area contributed by atoms with Crippen molar-refractivity contribution in [1.29, 1.82) is 0 Å². The van der Waals surface area contributed by atoms with Crippen LogP contribution < -0.4 is 15.4 Å². The number of hydrogen-bond acceptors (Lipinski definition) is 6. The number of carbonyl (C=O) groups excluding carboxylic acids is 3. The second kappa shape index (κ2) is 11.3. The first-order valence-electron chi connectivity index (χ1n) is 10.6. The molecule has 0 bridgehead atoms. The van der Waals surface area contributed by atoms with E-state index in [0.29, 0.717) is 16.9 Å².